The molecule has 0 aliphatic carbocycles. The summed E-state index contributed by atoms with van der Waals surface area (Å²) in [7, 11) is 0. The first-order chi connectivity index (χ1) is 18.2. The molecule has 0 spiro atoms. The molecule has 0 aliphatic rings. The number of anilines is 2. The molecule has 180 valence electrons. The van der Waals surface area contributed by atoms with Crippen LogP contribution in [0.1, 0.15) is 5.56 Å². The maximum absolute atomic E-state index is 13.3. The van der Waals surface area contributed by atoms with E-state index in [1.54, 1.807) is 18.3 Å². The molecule has 0 saturated heterocycles. The lowest BCUT2D eigenvalue weighted by molar-refractivity contribution is 0.306. The molecule has 0 radical (unpaired) electrons. The van der Waals surface area contributed by atoms with Crippen LogP contribution in [0.2, 0.25) is 0 Å². The fraction of sp³-hybridized carbons (Fsp3) is 0.0333. The number of aromatic nitrogens is 4. The van der Waals surface area contributed by atoms with Gasteiger partial charge in [-0.05, 0) is 72.3 Å². The number of hydrogen-bond acceptors (Lipinski definition) is 5. The van der Waals surface area contributed by atoms with Gasteiger partial charge in [0, 0.05) is 23.6 Å². The Labute approximate surface area is 213 Å². The SMILES string of the molecule is Fc1ccc(Nc2nccc(-c3c(-c4ccc(OCc5ccccc5)cc4)nc4ccccn34)n2)cc1. The van der Waals surface area contributed by atoms with Crippen molar-refractivity contribution in [2.45, 2.75) is 6.61 Å². The third kappa shape index (κ3) is 4.88. The summed E-state index contributed by atoms with van der Waals surface area (Å²) in [5.74, 6) is 0.892. The average Bonchev–Trinajstić information content (AvgIpc) is 3.34. The van der Waals surface area contributed by atoms with Crippen LogP contribution in [0.5, 0.6) is 5.75 Å². The molecule has 6 nitrogen and oxygen atoms in total. The lowest BCUT2D eigenvalue weighted by atomic mass is 10.1. The van der Waals surface area contributed by atoms with E-state index in [1.165, 1.54) is 12.1 Å². The minimum absolute atomic E-state index is 0.299. The van der Waals surface area contributed by atoms with Crippen molar-refractivity contribution in [2.75, 3.05) is 5.32 Å². The van der Waals surface area contributed by atoms with Crippen LogP contribution in [0.3, 0.4) is 0 Å². The Morgan fingerprint density at radius 3 is 2.38 bits per heavy atom. The Bertz CT molecular complexity index is 1650. The number of fused-ring (bicyclic) bond motifs is 1. The highest BCUT2D eigenvalue weighted by Gasteiger charge is 2.18. The van der Waals surface area contributed by atoms with Crippen molar-refractivity contribution in [1.82, 2.24) is 19.4 Å². The van der Waals surface area contributed by atoms with Crippen LogP contribution >= 0.6 is 0 Å². The molecule has 0 amide bonds. The van der Waals surface area contributed by atoms with Gasteiger partial charge >= 0.3 is 0 Å². The minimum Gasteiger partial charge on any atom is -0.489 e. The fourth-order valence-electron chi connectivity index (χ4n) is 4.10. The number of pyridine rings is 1. The van der Waals surface area contributed by atoms with E-state index in [2.05, 4.69) is 10.3 Å². The largest absolute Gasteiger partial charge is 0.489 e. The molecular formula is C30H22FN5O. The van der Waals surface area contributed by atoms with E-state index < -0.39 is 0 Å². The van der Waals surface area contributed by atoms with Crippen molar-refractivity contribution in [1.29, 1.82) is 0 Å². The van der Waals surface area contributed by atoms with E-state index in [-0.39, 0.29) is 5.82 Å². The third-order valence-corrected chi connectivity index (χ3v) is 5.90. The molecule has 1 N–H and O–H groups in total. The standard InChI is InChI=1S/C30H22FN5O/c31-23-11-13-24(14-12-23)33-30-32-18-17-26(34-30)29-28(35-27-8-4-5-19-36(27)29)22-9-15-25(16-10-22)37-20-21-6-2-1-3-7-21/h1-19H,20H2,(H,32,33,34). The first-order valence-electron chi connectivity index (χ1n) is 11.8. The molecule has 0 atom stereocenters. The molecule has 3 aromatic carbocycles. The topological polar surface area (TPSA) is 64.3 Å². The van der Waals surface area contributed by atoms with Crippen molar-refractivity contribution in [3.8, 4) is 28.4 Å². The summed E-state index contributed by atoms with van der Waals surface area (Å²) in [6, 6.07) is 31.8. The summed E-state index contributed by atoms with van der Waals surface area (Å²) in [5, 5.41) is 3.14. The zero-order valence-corrected chi connectivity index (χ0v) is 19.8. The van der Waals surface area contributed by atoms with Crippen molar-refractivity contribution in [3.05, 3.63) is 127 Å². The summed E-state index contributed by atoms with van der Waals surface area (Å²) in [5.41, 5.74) is 5.91. The van der Waals surface area contributed by atoms with Gasteiger partial charge in [0.15, 0.2) is 0 Å². The summed E-state index contributed by atoms with van der Waals surface area (Å²) < 4.78 is 21.3. The third-order valence-electron chi connectivity index (χ3n) is 5.90. The molecule has 3 heterocycles. The first kappa shape index (κ1) is 22.4. The monoisotopic (exact) mass is 487 g/mol. The van der Waals surface area contributed by atoms with Crippen molar-refractivity contribution in [2.24, 2.45) is 0 Å². The van der Waals surface area contributed by atoms with Gasteiger partial charge in [-0.25, -0.2) is 19.3 Å². The Morgan fingerprint density at radius 2 is 1.57 bits per heavy atom. The second kappa shape index (κ2) is 9.91. The van der Waals surface area contributed by atoms with Crippen LogP contribution in [-0.4, -0.2) is 19.4 Å². The highest BCUT2D eigenvalue weighted by atomic mass is 19.1. The second-order valence-corrected chi connectivity index (χ2v) is 8.43. The summed E-state index contributed by atoms with van der Waals surface area (Å²) >= 11 is 0. The summed E-state index contributed by atoms with van der Waals surface area (Å²) in [4.78, 5) is 14.0. The molecule has 6 aromatic rings. The van der Waals surface area contributed by atoms with Crippen LogP contribution in [0.4, 0.5) is 16.0 Å². The van der Waals surface area contributed by atoms with E-state index in [4.69, 9.17) is 14.7 Å². The summed E-state index contributed by atoms with van der Waals surface area (Å²) in [6.45, 7) is 0.505. The lowest BCUT2D eigenvalue weighted by Gasteiger charge is -2.09. The van der Waals surface area contributed by atoms with Gasteiger partial charge in [-0.2, -0.15) is 0 Å². The maximum atomic E-state index is 13.3. The predicted octanol–water partition coefficient (Wildman–Crippen LogP) is 6.92. The van der Waals surface area contributed by atoms with Crippen LogP contribution in [0, 0.1) is 5.82 Å². The molecular weight excluding hydrogens is 465 g/mol. The average molecular weight is 488 g/mol. The number of benzene rings is 3. The normalized spacial score (nSPS) is 10.9. The number of ether oxygens (including phenoxy) is 1. The van der Waals surface area contributed by atoms with E-state index in [1.807, 2.05) is 89.5 Å². The Hall–Kier alpha value is -5.04. The highest BCUT2D eigenvalue weighted by Crippen LogP contribution is 2.33. The van der Waals surface area contributed by atoms with Crippen LogP contribution < -0.4 is 10.1 Å². The minimum atomic E-state index is -0.299. The lowest BCUT2D eigenvalue weighted by Crippen LogP contribution is -1.99. The predicted molar refractivity (Wildman–Crippen MR) is 142 cm³/mol. The Balaban J connectivity index is 1.33. The van der Waals surface area contributed by atoms with Gasteiger partial charge in [0.2, 0.25) is 5.95 Å². The molecule has 0 saturated carbocycles. The molecule has 37 heavy (non-hydrogen) atoms. The Kier molecular flexibility index (Phi) is 6.01. The van der Waals surface area contributed by atoms with Gasteiger partial charge in [-0.3, -0.25) is 4.40 Å². The molecule has 6 rings (SSSR count). The van der Waals surface area contributed by atoms with Crippen molar-refractivity contribution >= 4 is 17.3 Å². The quantitative estimate of drug-likeness (QED) is 0.265. The fourth-order valence-corrected chi connectivity index (χ4v) is 4.10. The Morgan fingerprint density at radius 1 is 0.784 bits per heavy atom. The van der Waals surface area contributed by atoms with E-state index in [0.717, 1.165) is 33.9 Å². The second-order valence-electron chi connectivity index (χ2n) is 8.43. The van der Waals surface area contributed by atoms with Gasteiger partial charge in [0.25, 0.3) is 0 Å². The zero-order chi connectivity index (χ0) is 25.0. The van der Waals surface area contributed by atoms with Crippen molar-refractivity contribution in [3.63, 3.8) is 0 Å². The maximum Gasteiger partial charge on any atom is 0.227 e. The summed E-state index contributed by atoms with van der Waals surface area (Å²) in [6.07, 6.45) is 3.66. The molecule has 0 fully saturated rings. The number of imidazole rings is 1. The van der Waals surface area contributed by atoms with Gasteiger partial charge in [-0.15, -0.1) is 0 Å². The molecule has 0 unspecified atom stereocenters. The number of halogens is 1. The van der Waals surface area contributed by atoms with E-state index in [0.29, 0.717) is 23.9 Å². The highest BCUT2D eigenvalue weighted by molar-refractivity contribution is 5.81. The number of nitrogens with one attached hydrogen (secondary N) is 1. The van der Waals surface area contributed by atoms with Gasteiger partial charge in [-0.1, -0.05) is 36.4 Å². The molecule has 0 aliphatic heterocycles. The molecule has 0 bridgehead atoms. The van der Waals surface area contributed by atoms with Crippen molar-refractivity contribution < 1.29 is 9.13 Å². The number of rotatable bonds is 7. The van der Waals surface area contributed by atoms with Gasteiger partial charge in [0.05, 0.1) is 17.1 Å². The molecule has 7 heteroatoms. The smallest absolute Gasteiger partial charge is 0.227 e. The van der Waals surface area contributed by atoms with Gasteiger partial charge in [0.1, 0.15) is 23.8 Å². The first-order valence-corrected chi connectivity index (χ1v) is 11.8. The van der Waals surface area contributed by atoms with Crippen LogP contribution in [-0.2, 0) is 6.61 Å². The number of hydrogen-bond donors (Lipinski definition) is 1. The number of nitrogens with zero attached hydrogens (tertiary/aromatic N) is 4. The van der Waals surface area contributed by atoms with E-state index >= 15 is 0 Å². The van der Waals surface area contributed by atoms with E-state index in [9.17, 15) is 4.39 Å². The molecule has 3 aromatic heterocycles. The zero-order valence-electron chi connectivity index (χ0n) is 19.8. The van der Waals surface area contributed by atoms with Crippen LogP contribution in [0.15, 0.2) is 116 Å². The van der Waals surface area contributed by atoms with Crippen LogP contribution in [0.25, 0.3) is 28.3 Å². The van der Waals surface area contributed by atoms with Gasteiger partial charge < -0.3 is 10.1 Å².